The van der Waals surface area contributed by atoms with Gasteiger partial charge in [0.2, 0.25) is 5.91 Å². The molecule has 2 heterocycles. The van der Waals surface area contributed by atoms with Crippen molar-refractivity contribution in [3.8, 4) is 0 Å². The van der Waals surface area contributed by atoms with Gasteiger partial charge in [-0.2, -0.15) is 4.99 Å². The molecule has 130 valence electrons. The van der Waals surface area contributed by atoms with E-state index in [0.29, 0.717) is 29.3 Å². The zero-order valence-corrected chi connectivity index (χ0v) is 15.2. The van der Waals surface area contributed by atoms with Gasteiger partial charge < -0.3 is 4.90 Å². The van der Waals surface area contributed by atoms with Crippen LogP contribution in [0.25, 0.3) is 0 Å². The number of benzene rings is 1. The molecule has 2 fully saturated rings. The molecule has 0 aliphatic carbocycles. The second-order valence-corrected chi connectivity index (χ2v) is 9.50. The average molecular weight is 370 g/mol. The highest BCUT2D eigenvalue weighted by Gasteiger charge is 2.49. The molecule has 2 saturated heterocycles. The van der Waals surface area contributed by atoms with E-state index in [2.05, 4.69) is 4.99 Å². The van der Waals surface area contributed by atoms with Gasteiger partial charge in [0, 0.05) is 17.4 Å². The van der Waals surface area contributed by atoms with Crippen LogP contribution in [0, 0.1) is 12.7 Å². The van der Waals surface area contributed by atoms with Crippen LogP contribution >= 0.6 is 11.8 Å². The Morgan fingerprint density at radius 1 is 1.42 bits per heavy atom. The first-order valence-corrected chi connectivity index (χ1v) is 10.5. The largest absolute Gasteiger partial charge is 0.315 e. The smallest absolute Gasteiger partial charge is 0.248 e. The Balaban J connectivity index is 2.01. The number of halogens is 1. The summed E-state index contributed by atoms with van der Waals surface area (Å²) in [6.07, 6.45) is 1.04. The summed E-state index contributed by atoms with van der Waals surface area (Å²) in [6.45, 7) is 3.56. The molecule has 5 nitrogen and oxygen atoms in total. The van der Waals surface area contributed by atoms with Crippen LogP contribution in [-0.2, 0) is 14.6 Å². The number of carbonyl (C=O) groups is 1. The van der Waals surface area contributed by atoms with Gasteiger partial charge in [-0.1, -0.05) is 24.8 Å². The monoisotopic (exact) mass is 370 g/mol. The third-order valence-corrected chi connectivity index (χ3v) is 7.39. The Kier molecular flexibility index (Phi) is 4.70. The highest BCUT2D eigenvalue weighted by atomic mass is 32.2. The van der Waals surface area contributed by atoms with Crippen molar-refractivity contribution >= 4 is 38.4 Å². The highest BCUT2D eigenvalue weighted by Crippen LogP contribution is 2.41. The molecule has 2 aliphatic heterocycles. The molecular weight excluding hydrogens is 351 g/mol. The van der Waals surface area contributed by atoms with Crippen LogP contribution in [0.1, 0.15) is 25.3 Å². The van der Waals surface area contributed by atoms with Crippen LogP contribution in [0.4, 0.5) is 10.1 Å². The molecule has 0 bridgehead atoms. The SMILES string of the molecule is CCCC(=O)N=C1S[C@@H]2CS(=O)(=O)C[C@H]2N1c1ccc(C)c(F)c1. The van der Waals surface area contributed by atoms with Crippen molar-refractivity contribution in [3.63, 3.8) is 0 Å². The summed E-state index contributed by atoms with van der Waals surface area (Å²) in [4.78, 5) is 17.8. The number of amides is 1. The summed E-state index contributed by atoms with van der Waals surface area (Å²) in [6, 6.07) is 4.46. The minimum absolute atomic E-state index is 0.00114. The van der Waals surface area contributed by atoms with E-state index in [9.17, 15) is 17.6 Å². The second kappa shape index (κ2) is 6.48. The molecular formula is C16H19FN2O3S2. The molecule has 8 heteroatoms. The third-order valence-electron chi connectivity index (χ3n) is 4.18. The number of hydrogen-bond donors (Lipinski definition) is 0. The number of sulfone groups is 1. The molecule has 1 aromatic rings. The van der Waals surface area contributed by atoms with E-state index in [-0.39, 0.29) is 34.5 Å². The summed E-state index contributed by atoms with van der Waals surface area (Å²) in [5.41, 5.74) is 1.06. The number of hydrogen-bond acceptors (Lipinski definition) is 4. The number of amidine groups is 1. The molecule has 1 amide bonds. The van der Waals surface area contributed by atoms with E-state index in [1.54, 1.807) is 24.0 Å². The molecule has 0 N–H and O–H groups in total. The lowest BCUT2D eigenvalue weighted by Gasteiger charge is -2.24. The predicted octanol–water partition coefficient (Wildman–Crippen LogP) is 2.54. The van der Waals surface area contributed by atoms with Crippen molar-refractivity contribution < 1.29 is 17.6 Å². The van der Waals surface area contributed by atoms with Gasteiger partial charge in [-0.15, -0.1) is 0 Å². The van der Waals surface area contributed by atoms with Crippen LogP contribution in [0.5, 0.6) is 0 Å². The van der Waals surface area contributed by atoms with Gasteiger partial charge in [0.15, 0.2) is 15.0 Å². The van der Waals surface area contributed by atoms with E-state index in [0.717, 1.165) is 0 Å². The van der Waals surface area contributed by atoms with Gasteiger partial charge in [0.05, 0.1) is 17.5 Å². The number of anilines is 1. The van der Waals surface area contributed by atoms with Crippen molar-refractivity contribution in [2.75, 3.05) is 16.4 Å². The number of carbonyl (C=O) groups excluding carboxylic acids is 1. The first kappa shape index (κ1) is 17.4. The number of thioether (sulfide) groups is 1. The molecule has 0 aromatic heterocycles. The lowest BCUT2D eigenvalue weighted by Crippen LogP contribution is -2.37. The van der Waals surface area contributed by atoms with E-state index in [4.69, 9.17) is 0 Å². The lowest BCUT2D eigenvalue weighted by atomic mass is 10.1. The average Bonchev–Trinajstić information content (AvgIpc) is 2.93. The number of fused-ring (bicyclic) bond motifs is 1. The molecule has 2 atom stereocenters. The zero-order valence-electron chi connectivity index (χ0n) is 13.5. The molecule has 3 rings (SSSR count). The molecule has 0 unspecified atom stereocenters. The number of rotatable bonds is 3. The van der Waals surface area contributed by atoms with Gasteiger partial charge >= 0.3 is 0 Å². The van der Waals surface area contributed by atoms with E-state index in [1.165, 1.54) is 17.8 Å². The number of aryl methyl sites for hydroxylation is 1. The van der Waals surface area contributed by atoms with Crippen molar-refractivity contribution in [2.45, 2.75) is 38.0 Å². The Labute approximate surface area is 145 Å². The van der Waals surface area contributed by atoms with Crippen LogP contribution in [-0.4, -0.2) is 42.3 Å². The van der Waals surface area contributed by atoms with Crippen molar-refractivity contribution in [1.82, 2.24) is 0 Å². The summed E-state index contributed by atoms with van der Waals surface area (Å²) in [5.74, 6) is -0.531. The second-order valence-electron chi connectivity index (χ2n) is 6.14. The molecule has 0 radical (unpaired) electrons. The van der Waals surface area contributed by atoms with E-state index < -0.39 is 9.84 Å². The molecule has 0 spiro atoms. The Morgan fingerprint density at radius 3 is 2.83 bits per heavy atom. The van der Waals surface area contributed by atoms with Gasteiger partial charge in [-0.3, -0.25) is 4.79 Å². The molecule has 0 saturated carbocycles. The maximum absolute atomic E-state index is 14.0. The van der Waals surface area contributed by atoms with Gasteiger partial charge in [0.1, 0.15) is 5.82 Å². The fraction of sp³-hybridized carbons (Fsp3) is 0.500. The summed E-state index contributed by atoms with van der Waals surface area (Å²) in [5, 5.41) is 0.300. The van der Waals surface area contributed by atoms with E-state index in [1.807, 2.05) is 6.92 Å². The molecule has 24 heavy (non-hydrogen) atoms. The third kappa shape index (κ3) is 3.35. The summed E-state index contributed by atoms with van der Waals surface area (Å²) >= 11 is 1.30. The predicted molar refractivity (Wildman–Crippen MR) is 94.8 cm³/mol. The molecule has 2 aliphatic rings. The number of aliphatic imine (C=N–C) groups is 1. The van der Waals surface area contributed by atoms with Gasteiger partial charge in [-0.25, -0.2) is 12.8 Å². The Morgan fingerprint density at radius 2 is 2.17 bits per heavy atom. The van der Waals surface area contributed by atoms with Gasteiger partial charge in [-0.05, 0) is 31.0 Å². The lowest BCUT2D eigenvalue weighted by molar-refractivity contribution is -0.117. The first-order valence-electron chi connectivity index (χ1n) is 7.84. The van der Waals surface area contributed by atoms with Crippen molar-refractivity contribution in [3.05, 3.63) is 29.6 Å². The standard InChI is InChI=1S/C16H19FN2O3S2/c1-3-4-15(20)18-16-19(11-6-5-10(2)12(17)7-11)13-8-24(21,22)9-14(13)23-16/h5-7,13-14H,3-4,8-9H2,1-2H3/t13-,14-/m1/s1. The number of nitrogens with zero attached hydrogens (tertiary/aromatic N) is 2. The van der Waals surface area contributed by atoms with Crippen LogP contribution in [0.3, 0.4) is 0 Å². The van der Waals surface area contributed by atoms with Crippen LogP contribution in [0.2, 0.25) is 0 Å². The van der Waals surface area contributed by atoms with E-state index >= 15 is 0 Å². The highest BCUT2D eigenvalue weighted by molar-refractivity contribution is 8.16. The summed E-state index contributed by atoms with van der Waals surface area (Å²) < 4.78 is 37.9. The maximum atomic E-state index is 14.0. The fourth-order valence-corrected chi connectivity index (χ4v) is 6.91. The van der Waals surface area contributed by atoms with Gasteiger partial charge in [0.25, 0.3) is 0 Å². The van der Waals surface area contributed by atoms with Crippen molar-refractivity contribution in [1.29, 1.82) is 0 Å². The zero-order chi connectivity index (χ0) is 17.5. The fourth-order valence-electron chi connectivity index (χ4n) is 2.97. The Bertz CT molecular complexity index is 808. The quantitative estimate of drug-likeness (QED) is 0.818. The summed E-state index contributed by atoms with van der Waals surface area (Å²) in [7, 11) is -3.12. The van der Waals surface area contributed by atoms with Crippen LogP contribution < -0.4 is 4.90 Å². The molecule has 1 aromatic carbocycles. The topological polar surface area (TPSA) is 66.8 Å². The maximum Gasteiger partial charge on any atom is 0.248 e. The minimum Gasteiger partial charge on any atom is -0.315 e. The first-order chi connectivity index (χ1) is 11.3. The Hall–Kier alpha value is -1.41. The normalized spacial score (nSPS) is 26.8. The van der Waals surface area contributed by atoms with Crippen molar-refractivity contribution in [2.24, 2.45) is 4.99 Å². The van der Waals surface area contributed by atoms with Crippen LogP contribution in [0.15, 0.2) is 23.2 Å². The minimum atomic E-state index is -3.12.